The molecule has 0 aliphatic rings. The molecular weight excluding hydrogens is 110 g/mol. The topological polar surface area (TPSA) is 71.2 Å². The number of aliphatic hydroxyl groups excluding tert-OH is 1. The summed E-state index contributed by atoms with van der Waals surface area (Å²) in [7, 11) is 0. The van der Waals surface area contributed by atoms with Crippen molar-refractivity contribution in [3.63, 3.8) is 0 Å². The molecule has 1 rings (SSSR count). The lowest BCUT2D eigenvalue weighted by molar-refractivity contribution is 0.192. The van der Waals surface area contributed by atoms with Crippen LogP contribution in [0.15, 0.2) is 6.20 Å². The highest BCUT2D eigenvalue weighted by molar-refractivity contribution is 4.94. The number of nitrogens with zero attached hydrogens (tertiary/aromatic N) is 3. The van der Waals surface area contributed by atoms with Crippen LogP contribution in [0, 0.1) is 0 Å². The van der Waals surface area contributed by atoms with E-state index in [1.807, 2.05) is 0 Å². The van der Waals surface area contributed by atoms with Gasteiger partial charge in [0.1, 0.15) is 6.73 Å². The van der Waals surface area contributed by atoms with Crippen molar-refractivity contribution in [2.75, 3.05) is 0 Å². The summed E-state index contributed by atoms with van der Waals surface area (Å²) >= 11 is 0. The molecule has 5 nitrogen and oxygen atoms in total. The van der Waals surface area contributed by atoms with Crippen LogP contribution in [-0.2, 0) is 6.73 Å². The van der Waals surface area contributed by atoms with Gasteiger partial charge >= 0.3 is 0 Å². The summed E-state index contributed by atoms with van der Waals surface area (Å²) in [6, 6.07) is 0. The second kappa shape index (κ2) is 1.79. The molecule has 0 amide bonds. The summed E-state index contributed by atoms with van der Waals surface area (Å²) in [6.07, 6.45) is 1.22. The third-order valence-corrected chi connectivity index (χ3v) is 0.671. The number of hydrogen-bond donors (Lipinski definition) is 2. The van der Waals surface area contributed by atoms with E-state index in [4.69, 9.17) is 10.2 Å². The fourth-order valence-electron chi connectivity index (χ4n) is 0.357. The zero-order chi connectivity index (χ0) is 5.98. The molecule has 0 spiro atoms. The number of aliphatic hydroxyl groups is 1. The fourth-order valence-corrected chi connectivity index (χ4v) is 0.357. The Balaban J connectivity index is 2.84. The van der Waals surface area contributed by atoms with E-state index in [-0.39, 0.29) is 12.6 Å². The molecule has 0 saturated heterocycles. The van der Waals surface area contributed by atoms with Crippen LogP contribution in [0.5, 0.6) is 5.88 Å². The monoisotopic (exact) mass is 115 g/mol. The predicted octanol–water partition coefficient (Wildman–Crippen LogP) is -1.07. The summed E-state index contributed by atoms with van der Waals surface area (Å²) in [4.78, 5) is 0. The minimum atomic E-state index is -0.256. The predicted molar refractivity (Wildman–Crippen MR) is 23.9 cm³/mol. The molecule has 0 atom stereocenters. The van der Waals surface area contributed by atoms with Crippen molar-refractivity contribution >= 4 is 0 Å². The molecule has 2 N–H and O–H groups in total. The molecule has 1 heterocycles. The van der Waals surface area contributed by atoms with Gasteiger partial charge in [0.2, 0.25) is 0 Å². The van der Waals surface area contributed by atoms with Gasteiger partial charge in [0.25, 0.3) is 5.88 Å². The third kappa shape index (κ3) is 0.760. The summed E-state index contributed by atoms with van der Waals surface area (Å²) in [6.45, 7) is -0.256. The third-order valence-electron chi connectivity index (χ3n) is 0.671. The van der Waals surface area contributed by atoms with Gasteiger partial charge < -0.3 is 10.2 Å². The summed E-state index contributed by atoms with van der Waals surface area (Å²) in [5.41, 5.74) is 0. The Bertz CT molecular complexity index is 173. The summed E-state index contributed by atoms with van der Waals surface area (Å²) < 4.78 is 1.11. The molecule has 1 aromatic heterocycles. The number of hydrogen-bond acceptors (Lipinski definition) is 4. The zero-order valence-electron chi connectivity index (χ0n) is 4.02. The lowest BCUT2D eigenvalue weighted by Crippen LogP contribution is -1.95. The maximum absolute atomic E-state index is 8.48. The van der Waals surface area contributed by atoms with E-state index in [0.717, 1.165) is 4.68 Å². The highest BCUT2D eigenvalue weighted by atomic mass is 16.3. The van der Waals surface area contributed by atoms with E-state index in [2.05, 4.69) is 10.3 Å². The first kappa shape index (κ1) is 5.04. The van der Waals surface area contributed by atoms with Crippen LogP contribution in [0.3, 0.4) is 0 Å². The van der Waals surface area contributed by atoms with Gasteiger partial charge in [-0.3, -0.25) is 0 Å². The van der Waals surface area contributed by atoms with Crippen LogP contribution in [-0.4, -0.2) is 25.2 Å². The van der Waals surface area contributed by atoms with Gasteiger partial charge in [-0.1, -0.05) is 10.3 Å². The molecule has 0 aromatic carbocycles. The molecule has 0 aliphatic carbocycles. The second-order valence-corrected chi connectivity index (χ2v) is 1.26. The van der Waals surface area contributed by atoms with Crippen molar-refractivity contribution in [2.24, 2.45) is 0 Å². The molecule has 0 aliphatic heterocycles. The molecule has 0 unspecified atom stereocenters. The maximum atomic E-state index is 8.48. The quantitative estimate of drug-likeness (QED) is 0.489. The molecule has 1 aromatic rings. The van der Waals surface area contributed by atoms with Gasteiger partial charge in [-0.25, -0.2) is 4.68 Å². The van der Waals surface area contributed by atoms with Gasteiger partial charge in [0.05, 0.1) is 6.20 Å². The number of aromatic nitrogens is 3. The van der Waals surface area contributed by atoms with Gasteiger partial charge in [-0.05, 0) is 0 Å². The van der Waals surface area contributed by atoms with Crippen molar-refractivity contribution in [1.29, 1.82) is 0 Å². The van der Waals surface area contributed by atoms with Crippen LogP contribution in [0.4, 0.5) is 0 Å². The molecule has 0 fully saturated rings. The zero-order valence-corrected chi connectivity index (χ0v) is 4.02. The molecular formula is C3H5N3O2. The Morgan fingerprint density at radius 3 is 2.75 bits per heavy atom. The summed E-state index contributed by atoms with van der Waals surface area (Å²) in [5.74, 6) is -0.181. The lowest BCUT2D eigenvalue weighted by Gasteiger charge is -1.84. The Morgan fingerprint density at radius 1 is 1.75 bits per heavy atom. The Hall–Kier alpha value is -1.10. The molecule has 0 bridgehead atoms. The van der Waals surface area contributed by atoms with E-state index in [0.29, 0.717) is 0 Å². The molecule has 0 saturated carbocycles. The lowest BCUT2D eigenvalue weighted by atomic mass is 10.8. The minimum absolute atomic E-state index is 0.181. The Labute approximate surface area is 45.2 Å². The standard InChI is InChI=1S/C3H5N3O2/c7-2-6-1-3(8)4-5-6/h1,7-8H,2H2. The number of rotatable bonds is 1. The van der Waals surface area contributed by atoms with Crippen LogP contribution >= 0.6 is 0 Å². The largest absolute Gasteiger partial charge is 0.491 e. The smallest absolute Gasteiger partial charge is 0.251 e. The van der Waals surface area contributed by atoms with Gasteiger partial charge in [-0.15, -0.1) is 0 Å². The van der Waals surface area contributed by atoms with E-state index in [9.17, 15) is 0 Å². The minimum Gasteiger partial charge on any atom is -0.491 e. The van der Waals surface area contributed by atoms with E-state index >= 15 is 0 Å². The van der Waals surface area contributed by atoms with Gasteiger partial charge in [0.15, 0.2) is 0 Å². The normalized spacial score (nSPS) is 9.62. The SMILES string of the molecule is OCn1cc(O)nn1. The molecule has 0 radical (unpaired) electrons. The maximum Gasteiger partial charge on any atom is 0.251 e. The number of aromatic hydroxyl groups is 1. The van der Waals surface area contributed by atoms with Crippen molar-refractivity contribution < 1.29 is 10.2 Å². The van der Waals surface area contributed by atoms with Crippen molar-refractivity contribution in [1.82, 2.24) is 15.0 Å². The average Bonchev–Trinajstić information content (AvgIpc) is 2.14. The van der Waals surface area contributed by atoms with Crippen LogP contribution in [0.1, 0.15) is 0 Å². The second-order valence-electron chi connectivity index (χ2n) is 1.26. The first-order chi connectivity index (χ1) is 3.83. The van der Waals surface area contributed by atoms with E-state index < -0.39 is 0 Å². The highest BCUT2D eigenvalue weighted by Gasteiger charge is 1.91. The molecule has 44 valence electrons. The van der Waals surface area contributed by atoms with Gasteiger partial charge in [0, 0.05) is 0 Å². The average molecular weight is 115 g/mol. The van der Waals surface area contributed by atoms with E-state index in [1.54, 1.807) is 0 Å². The molecule has 8 heavy (non-hydrogen) atoms. The summed E-state index contributed by atoms with van der Waals surface area (Å²) in [5, 5.41) is 23.3. The molecule has 5 heteroatoms. The van der Waals surface area contributed by atoms with Crippen molar-refractivity contribution in [3.8, 4) is 5.88 Å². The first-order valence-electron chi connectivity index (χ1n) is 2.03. The van der Waals surface area contributed by atoms with Crippen LogP contribution in [0.2, 0.25) is 0 Å². The van der Waals surface area contributed by atoms with Gasteiger partial charge in [-0.2, -0.15) is 0 Å². The van der Waals surface area contributed by atoms with Crippen molar-refractivity contribution in [2.45, 2.75) is 6.73 Å². The van der Waals surface area contributed by atoms with Crippen LogP contribution in [0.25, 0.3) is 0 Å². The Kier molecular flexibility index (Phi) is 1.13. The highest BCUT2D eigenvalue weighted by Crippen LogP contribution is 1.96. The fraction of sp³-hybridized carbons (Fsp3) is 0.333. The Morgan fingerprint density at radius 2 is 2.50 bits per heavy atom. The first-order valence-corrected chi connectivity index (χ1v) is 2.03. The van der Waals surface area contributed by atoms with E-state index in [1.165, 1.54) is 6.20 Å². The van der Waals surface area contributed by atoms with Crippen LogP contribution < -0.4 is 0 Å². The van der Waals surface area contributed by atoms with Crippen molar-refractivity contribution in [3.05, 3.63) is 6.20 Å².